The van der Waals surface area contributed by atoms with E-state index in [2.05, 4.69) is 25.7 Å². The Morgan fingerprint density at radius 2 is 1.89 bits per heavy atom. The number of rotatable bonds is 6. The lowest BCUT2D eigenvalue weighted by atomic mass is 9.96. The van der Waals surface area contributed by atoms with Crippen molar-refractivity contribution in [2.75, 3.05) is 18.4 Å². The first-order valence-corrected chi connectivity index (χ1v) is 12.1. The maximum atomic E-state index is 13.1. The zero-order valence-corrected chi connectivity index (χ0v) is 20.9. The Morgan fingerprint density at radius 3 is 2.66 bits per heavy atom. The Labute approximate surface area is 210 Å². The van der Waals surface area contributed by atoms with Crippen LogP contribution in [-0.4, -0.2) is 45.5 Å². The van der Waals surface area contributed by atoms with Gasteiger partial charge in [-0.2, -0.15) is 4.98 Å². The standard InChI is InChI=1S/C26H30ClN5O3/c1-26(2,3)30-25(34)19-11-5-7-13-21(19)28-24(33)17-9-8-14-32(15-17)16-22-29-23(31-35-22)18-10-4-6-12-20(18)27/h4-7,10-13,17H,8-9,14-16H2,1-3H3,(H,28,33)(H,30,34). The highest BCUT2D eigenvalue weighted by Gasteiger charge is 2.28. The summed E-state index contributed by atoms with van der Waals surface area (Å²) in [6.45, 7) is 7.60. The van der Waals surface area contributed by atoms with Crippen molar-refractivity contribution in [3.05, 3.63) is 65.0 Å². The predicted octanol–water partition coefficient (Wildman–Crippen LogP) is 4.77. The monoisotopic (exact) mass is 495 g/mol. The molecule has 2 heterocycles. The lowest BCUT2D eigenvalue weighted by molar-refractivity contribution is -0.121. The molecule has 1 saturated heterocycles. The molecule has 2 aromatic carbocycles. The van der Waals surface area contributed by atoms with E-state index < -0.39 is 0 Å². The van der Waals surface area contributed by atoms with Crippen LogP contribution in [0.3, 0.4) is 0 Å². The number of carbonyl (C=O) groups is 2. The van der Waals surface area contributed by atoms with E-state index in [4.69, 9.17) is 16.1 Å². The van der Waals surface area contributed by atoms with Crippen LogP contribution in [0.15, 0.2) is 53.1 Å². The number of nitrogens with one attached hydrogen (secondary N) is 2. The summed E-state index contributed by atoms with van der Waals surface area (Å²) in [7, 11) is 0. The molecule has 8 nitrogen and oxygen atoms in total. The fourth-order valence-electron chi connectivity index (χ4n) is 4.11. The van der Waals surface area contributed by atoms with Gasteiger partial charge in [0, 0.05) is 17.6 Å². The summed E-state index contributed by atoms with van der Waals surface area (Å²) in [5, 5.41) is 10.5. The van der Waals surface area contributed by atoms with E-state index >= 15 is 0 Å². The molecule has 1 aliphatic rings. The average Bonchev–Trinajstić information content (AvgIpc) is 3.27. The van der Waals surface area contributed by atoms with Gasteiger partial charge < -0.3 is 15.2 Å². The Morgan fingerprint density at radius 1 is 1.14 bits per heavy atom. The summed E-state index contributed by atoms with van der Waals surface area (Å²) in [5.74, 6) is 0.387. The van der Waals surface area contributed by atoms with Crippen LogP contribution in [0, 0.1) is 5.92 Å². The molecule has 1 atom stereocenters. The number of anilines is 1. The Bertz CT molecular complexity index is 1200. The molecular formula is C26H30ClN5O3. The number of piperidine rings is 1. The van der Waals surface area contributed by atoms with E-state index in [1.54, 1.807) is 24.3 Å². The third-order valence-corrected chi connectivity index (χ3v) is 6.07. The summed E-state index contributed by atoms with van der Waals surface area (Å²) in [5.41, 5.74) is 1.30. The van der Waals surface area contributed by atoms with E-state index in [0.29, 0.717) is 46.6 Å². The second kappa shape index (κ2) is 10.6. The maximum absolute atomic E-state index is 13.1. The minimum atomic E-state index is -0.376. The molecule has 3 aromatic rings. The first kappa shape index (κ1) is 24.9. The minimum Gasteiger partial charge on any atom is -0.347 e. The second-order valence-electron chi connectivity index (χ2n) is 9.80. The smallest absolute Gasteiger partial charge is 0.253 e. The molecule has 2 amide bonds. The molecule has 0 bridgehead atoms. The number of likely N-dealkylation sites (tertiary alicyclic amines) is 1. The number of hydrogen-bond donors (Lipinski definition) is 2. The topological polar surface area (TPSA) is 100 Å². The van der Waals surface area contributed by atoms with Gasteiger partial charge in [-0.3, -0.25) is 14.5 Å². The van der Waals surface area contributed by atoms with Crippen molar-refractivity contribution in [1.29, 1.82) is 0 Å². The van der Waals surface area contributed by atoms with Crippen molar-refractivity contribution in [3.8, 4) is 11.4 Å². The number of hydrogen-bond acceptors (Lipinski definition) is 6. The highest BCUT2D eigenvalue weighted by molar-refractivity contribution is 6.33. The van der Waals surface area contributed by atoms with E-state index in [1.807, 2.05) is 45.0 Å². The number of nitrogens with zero attached hydrogens (tertiary/aromatic N) is 3. The van der Waals surface area contributed by atoms with Crippen LogP contribution >= 0.6 is 11.6 Å². The quantitative estimate of drug-likeness (QED) is 0.511. The third-order valence-electron chi connectivity index (χ3n) is 5.74. The molecule has 4 rings (SSSR count). The van der Waals surface area contributed by atoms with Crippen LogP contribution < -0.4 is 10.6 Å². The van der Waals surface area contributed by atoms with Gasteiger partial charge >= 0.3 is 0 Å². The van der Waals surface area contributed by atoms with Gasteiger partial charge in [0.15, 0.2) is 0 Å². The van der Waals surface area contributed by atoms with Gasteiger partial charge in [0.1, 0.15) is 0 Å². The molecule has 35 heavy (non-hydrogen) atoms. The third kappa shape index (κ3) is 6.46. The summed E-state index contributed by atoms with van der Waals surface area (Å²) in [6, 6.07) is 14.4. The summed E-state index contributed by atoms with van der Waals surface area (Å²) in [4.78, 5) is 32.5. The van der Waals surface area contributed by atoms with E-state index in [1.165, 1.54) is 0 Å². The number of aromatic nitrogens is 2. The van der Waals surface area contributed by atoms with E-state index in [0.717, 1.165) is 19.4 Å². The summed E-state index contributed by atoms with van der Waals surface area (Å²) in [6.07, 6.45) is 1.64. The molecule has 0 aliphatic carbocycles. The normalized spacial score (nSPS) is 16.6. The average molecular weight is 496 g/mol. The van der Waals surface area contributed by atoms with Crippen LogP contribution in [0.5, 0.6) is 0 Å². The highest BCUT2D eigenvalue weighted by Crippen LogP contribution is 2.26. The highest BCUT2D eigenvalue weighted by atomic mass is 35.5. The van der Waals surface area contributed by atoms with Crippen molar-refractivity contribution in [2.24, 2.45) is 5.92 Å². The fourth-order valence-corrected chi connectivity index (χ4v) is 4.33. The Kier molecular flexibility index (Phi) is 7.52. The molecule has 0 saturated carbocycles. The van der Waals surface area contributed by atoms with Crippen molar-refractivity contribution < 1.29 is 14.1 Å². The predicted molar refractivity (Wildman–Crippen MR) is 135 cm³/mol. The molecule has 1 unspecified atom stereocenters. The minimum absolute atomic E-state index is 0.104. The Balaban J connectivity index is 1.39. The molecule has 2 N–H and O–H groups in total. The second-order valence-corrected chi connectivity index (χ2v) is 10.2. The molecule has 184 valence electrons. The van der Waals surface area contributed by atoms with Gasteiger partial charge in [-0.15, -0.1) is 0 Å². The lowest BCUT2D eigenvalue weighted by Crippen LogP contribution is -2.42. The molecular weight excluding hydrogens is 466 g/mol. The van der Waals surface area contributed by atoms with Gasteiger partial charge in [-0.1, -0.05) is 41.0 Å². The molecule has 1 aromatic heterocycles. The first-order chi connectivity index (χ1) is 16.7. The van der Waals surface area contributed by atoms with Crippen LogP contribution in [0.1, 0.15) is 49.9 Å². The fraction of sp³-hybridized carbons (Fsp3) is 0.385. The van der Waals surface area contributed by atoms with Crippen molar-refractivity contribution in [1.82, 2.24) is 20.4 Å². The van der Waals surface area contributed by atoms with Gasteiger partial charge in [-0.25, -0.2) is 0 Å². The SMILES string of the molecule is CC(C)(C)NC(=O)c1ccccc1NC(=O)C1CCCN(Cc2nc(-c3ccccc3Cl)no2)C1. The summed E-state index contributed by atoms with van der Waals surface area (Å²) < 4.78 is 5.44. The van der Waals surface area contributed by atoms with Crippen LogP contribution in [-0.2, 0) is 11.3 Å². The molecule has 0 spiro atoms. The molecule has 1 aliphatic heterocycles. The van der Waals surface area contributed by atoms with Crippen molar-refractivity contribution in [2.45, 2.75) is 45.7 Å². The zero-order valence-electron chi connectivity index (χ0n) is 20.2. The lowest BCUT2D eigenvalue weighted by Gasteiger charge is -2.31. The number of carbonyl (C=O) groups excluding carboxylic acids is 2. The maximum Gasteiger partial charge on any atom is 0.253 e. The van der Waals surface area contributed by atoms with Gasteiger partial charge in [-0.05, 0) is 64.4 Å². The van der Waals surface area contributed by atoms with Crippen LogP contribution in [0.2, 0.25) is 5.02 Å². The van der Waals surface area contributed by atoms with Crippen molar-refractivity contribution >= 4 is 29.1 Å². The number of para-hydroxylation sites is 1. The molecule has 1 fully saturated rings. The number of amides is 2. The van der Waals surface area contributed by atoms with E-state index in [-0.39, 0.29) is 23.3 Å². The zero-order chi connectivity index (χ0) is 25.0. The molecule has 9 heteroatoms. The van der Waals surface area contributed by atoms with Gasteiger partial charge in [0.2, 0.25) is 17.6 Å². The van der Waals surface area contributed by atoms with Crippen LogP contribution in [0.4, 0.5) is 5.69 Å². The van der Waals surface area contributed by atoms with Gasteiger partial charge in [0.25, 0.3) is 5.91 Å². The van der Waals surface area contributed by atoms with Crippen molar-refractivity contribution in [3.63, 3.8) is 0 Å². The first-order valence-electron chi connectivity index (χ1n) is 11.7. The Hall–Kier alpha value is -3.23. The van der Waals surface area contributed by atoms with Gasteiger partial charge in [0.05, 0.1) is 28.7 Å². The summed E-state index contributed by atoms with van der Waals surface area (Å²) >= 11 is 6.24. The molecule has 0 radical (unpaired) electrons. The van der Waals surface area contributed by atoms with E-state index in [9.17, 15) is 9.59 Å². The largest absolute Gasteiger partial charge is 0.347 e. The number of benzene rings is 2. The number of halogens is 1. The van der Waals surface area contributed by atoms with Crippen LogP contribution in [0.25, 0.3) is 11.4 Å².